The third-order valence-electron chi connectivity index (χ3n) is 6.73. The maximum atomic E-state index is 13.6. The van der Waals surface area contributed by atoms with Crippen LogP contribution < -0.4 is 4.90 Å². The molecule has 0 saturated carbocycles. The van der Waals surface area contributed by atoms with E-state index in [0.29, 0.717) is 22.6 Å². The van der Waals surface area contributed by atoms with Crippen LogP contribution in [0.3, 0.4) is 0 Å². The van der Waals surface area contributed by atoms with Gasteiger partial charge in [-0.3, -0.25) is 9.69 Å². The smallest absolute Gasteiger partial charge is 0.336 e. The highest BCUT2D eigenvalue weighted by Crippen LogP contribution is 2.39. The summed E-state index contributed by atoms with van der Waals surface area (Å²) in [5.74, 6) is -1.51. The number of amides is 3. The molecule has 14 heteroatoms. The van der Waals surface area contributed by atoms with Crippen LogP contribution >= 0.6 is 0 Å². The van der Waals surface area contributed by atoms with Crippen LogP contribution in [0.15, 0.2) is 61.2 Å². The zero-order valence-electron chi connectivity index (χ0n) is 21.0. The molecule has 2 heterocycles. The van der Waals surface area contributed by atoms with Gasteiger partial charge in [-0.2, -0.15) is 26.3 Å². The third-order valence-corrected chi connectivity index (χ3v) is 6.73. The second-order valence-corrected chi connectivity index (χ2v) is 9.28. The lowest BCUT2D eigenvalue weighted by Gasteiger charge is -2.33. The molecule has 0 N–H and O–H groups in total. The van der Waals surface area contributed by atoms with E-state index in [1.54, 1.807) is 0 Å². The van der Waals surface area contributed by atoms with Gasteiger partial charge < -0.3 is 9.80 Å². The predicted molar refractivity (Wildman–Crippen MR) is 129 cm³/mol. The summed E-state index contributed by atoms with van der Waals surface area (Å²) in [5.41, 5.74) is -3.00. The summed E-state index contributed by atoms with van der Waals surface area (Å²) >= 11 is 0. The van der Waals surface area contributed by atoms with Crippen LogP contribution in [0.5, 0.6) is 0 Å². The van der Waals surface area contributed by atoms with E-state index in [9.17, 15) is 40.3 Å². The summed E-state index contributed by atoms with van der Waals surface area (Å²) in [7, 11) is 2.39. The van der Waals surface area contributed by atoms with Gasteiger partial charge in [0.2, 0.25) is 0 Å². The number of hydrogen-bond acceptors (Lipinski definition) is 4. The summed E-state index contributed by atoms with van der Waals surface area (Å²) in [4.78, 5) is 37.4. The second kappa shape index (κ2) is 10.7. The number of benzene rings is 2. The Labute approximate surface area is 223 Å². The molecule has 2 unspecified atom stereocenters. The van der Waals surface area contributed by atoms with Crippen LogP contribution in [0.4, 0.5) is 41.2 Å². The molecule has 0 radical (unpaired) electrons. The van der Waals surface area contributed by atoms with Crippen molar-refractivity contribution in [2.45, 2.75) is 24.3 Å². The Morgan fingerprint density at radius 3 is 1.95 bits per heavy atom. The van der Waals surface area contributed by atoms with Crippen LogP contribution in [0, 0.1) is 5.82 Å². The Kier molecular flexibility index (Phi) is 7.72. The van der Waals surface area contributed by atoms with E-state index in [2.05, 4.69) is 9.97 Å². The van der Waals surface area contributed by atoms with Gasteiger partial charge in [0.15, 0.2) is 0 Å². The van der Waals surface area contributed by atoms with Crippen molar-refractivity contribution < 1.29 is 40.3 Å². The molecule has 1 aromatic heterocycles. The predicted octanol–water partition coefficient (Wildman–Crippen LogP) is 5.45. The molecule has 0 aliphatic carbocycles. The molecule has 1 aliphatic heterocycles. The Morgan fingerprint density at radius 2 is 1.43 bits per heavy atom. The molecule has 1 fully saturated rings. The summed E-state index contributed by atoms with van der Waals surface area (Å²) in [6, 6.07) is 4.59. The zero-order valence-corrected chi connectivity index (χ0v) is 21.0. The fourth-order valence-electron chi connectivity index (χ4n) is 4.60. The zero-order chi connectivity index (χ0) is 29.4. The van der Waals surface area contributed by atoms with Crippen molar-refractivity contribution >= 4 is 17.6 Å². The third kappa shape index (κ3) is 6.00. The lowest BCUT2D eigenvalue weighted by molar-refractivity contribution is -0.143. The molecule has 212 valence electrons. The number of aromatic nitrogens is 2. The summed E-state index contributed by atoms with van der Waals surface area (Å²) in [6.07, 6.45) is -6.32. The van der Waals surface area contributed by atoms with Crippen molar-refractivity contribution in [2.75, 3.05) is 32.1 Å². The molecule has 4 rings (SSSR count). The number of anilines is 1. The highest BCUT2D eigenvalue weighted by Gasteiger charge is 2.42. The molecule has 1 aliphatic rings. The van der Waals surface area contributed by atoms with Crippen molar-refractivity contribution in [3.05, 3.63) is 89.3 Å². The van der Waals surface area contributed by atoms with Crippen molar-refractivity contribution in [3.8, 4) is 0 Å². The SMILES string of the molecule is CN(C(=O)N(C)C1CN(C(=O)c2cncnc2)CC1c1ccc(F)cc1)c1cc(C(F)(F)F)cc(C(F)(F)F)c1. The van der Waals surface area contributed by atoms with E-state index in [4.69, 9.17) is 0 Å². The number of urea groups is 1. The van der Waals surface area contributed by atoms with Crippen LogP contribution in [-0.4, -0.2) is 64.9 Å². The van der Waals surface area contributed by atoms with Crippen molar-refractivity contribution in [1.29, 1.82) is 0 Å². The van der Waals surface area contributed by atoms with Crippen LogP contribution in [0.2, 0.25) is 0 Å². The molecule has 0 bridgehead atoms. The monoisotopic (exact) mass is 569 g/mol. The first-order chi connectivity index (χ1) is 18.7. The van der Waals surface area contributed by atoms with Gasteiger partial charge in [0.25, 0.3) is 5.91 Å². The average Bonchev–Trinajstić information content (AvgIpc) is 3.36. The van der Waals surface area contributed by atoms with E-state index >= 15 is 0 Å². The first-order valence-corrected chi connectivity index (χ1v) is 11.8. The minimum atomic E-state index is -5.09. The van der Waals surface area contributed by atoms with E-state index in [0.717, 1.165) is 11.9 Å². The fraction of sp³-hybridized carbons (Fsp3) is 0.308. The lowest BCUT2D eigenvalue weighted by Crippen LogP contribution is -2.47. The average molecular weight is 569 g/mol. The van der Waals surface area contributed by atoms with Gasteiger partial charge in [-0.15, -0.1) is 0 Å². The first-order valence-electron chi connectivity index (χ1n) is 11.8. The van der Waals surface area contributed by atoms with Gasteiger partial charge in [-0.25, -0.2) is 19.2 Å². The normalized spacial score (nSPS) is 17.6. The van der Waals surface area contributed by atoms with E-state index in [1.165, 1.54) is 54.9 Å². The van der Waals surface area contributed by atoms with E-state index in [1.807, 2.05) is 0 Å². The number of carbonyl (C=O) groups excluding carboxylic acids is 2. The van der Waals surface area contributed by atoms with Crippen molar-refractivity contribution in [2.24, 2.45) is 0 Å². The Morgan fingerprint density at radius 1 is 0.875 bits per heavy atom. The molecule has 3 aromatic rings. The second-order valence-electron chi connectivity index (χ2n) is 9.28. The number of likely N-dealkylation sites (N-methyl/N-ethyl adjacent to an activating group) is 1. The number of carbonyl (C=O) groups is 2. The summed E-state index contributed by atoms with van der Waals surface area (Å²) in [5, 5.41) is 0. The van der Waals surface area contributed by atoms with E-state index in [-0.39, 0.29) is 24.7 Å². The molecule has 7 nitrogen and oxygen atoms in total. The molecule has 3 amide bonds. The number of rotatable bonds is 4. The molecule has 2 aromatic carbocycles. The van der Waals surface area contributed by atoms with Crippen LogP contribution in [-0.2, 0) is 12.4 Å². The standard InChI is InChI=1S/C26H22F7N5O2/c1-36(20-8-17(25(28,29)30)7-18(9-20)26(31,32)33)24(40)37(2)22-13-38(23(39)16-10-34-14-35-11-16)12-21(22)15-3-5-19(27)6-4-15/h3-11,14,21-22H,12-13H2,1-2H3. The number of alkyl halides is 6. The lowest BCUT2D eigenvalue weighted by atomic mass is 9.93. The maximum absolute atomic E-state index is 13.6. The Bertz CT molecular complexity index is 1350. The number of hydrogen-bond donors (Lipinski definition) is 0. The quantitative estimate of drug-likeness (QED) is 0.392. The van der Waals surface area contributed by atoms with Gasteiger partial charge >= 0.3 is 18.4 Å². The molecule has 2 atom stereocenters. The molecule has 1 saturated heterocycles. The highest BCUT2D eigenvalue weighted by molar-refractivity contribution is 5.94. The minimum absolute atomic E-state index is 0.0240. The number of likely N-dealkylation sites (tertiary alicyclic amines) is 1. The van der Waals surface area contributed by atoms with Crippen molar-refractivity contribution in [3.63, 3.8) is 0 Å². The van der Waals surface area contributed by atoms with Crippen LogP contribution in [0.25, 0.3) is 0 Å². The fourth-order valence-corrected chi connectivity index (χ4v) is 4.60. The van der Waals surface area contributed by atoms with Gasteiger partial charge in [0.1, 0.15) is 12.1 Å². The van der Waals surface area contributed by atoms with Gasteiger partial charge in [0, 0.05) is 51.2 Å². The van der Waals surface area contributed by atoms with Gasteiger partial charge in [0.05, 0.1) is 22.7 Å². The van der Waals surface area contributed by atoms with E-state index < -0.39 is 58.9 Å². The highest BCUT2D eigenvalue weighted by atomic mass is 19.4. The number of nitrogens with zero attached hydrogens (tertiary/aromatic N) is 5. The Balaban J connectivity index is 1.67. The summed E-state index contributed by atoms with van der Waals surface area (Å²) in [6.45, 7) is 0.0649. The topological polar surface area (TPSA) is 69.6 Å². The number of halogens is 7. The molecule has 0 spiro atoms. The largest absolute Gasteiger partial charge is 0.416 e. The van der Waals surface area contributed by atoms with Gasteiger partial charge in [-0.1, -0.05) is 12.1 Å². The molecule has 40 heavy (non-hydrogen) atoms. The van der Waals surface area contributed by atoms with Crippen molar-refractivity contribution in [1.82, 2.24) is 19.8 Å². The van der Waals surface area contributed by atoms with Gasteiger partial charge in [-0.05, 0) is 35.9 Å². The molecular formula is C26H22F7N5O2. The molecular weight excluding hydrogens is 547 g/mol. The first kappa shape index (κ1) is 28.8. The maximum Gasteiger partial charge on any atom is 0.416 e. The van der Waals surface area contributed by atoms with Crippen LogP contribution in [0.1, 0.15) is 33.0 Å². The minimum Gasteiger partial charge on any atom is -0.336 e. The summed E-state index contributed by atoms with van der Waals surface area (Å²) < 4.78 is 93.9. The Hall–Kier alpha value is -4.23.